The molecule has 3 heterocycles. The summed E-state index contributed by atoms with van der Waals surface area (Å²) < 4.78 is 10.8. The minimum atomic E-state index is -0.358. The standard InChI is InChI=1S/C16H21N5O3/c1-10(2)14-20-16(24-21-14)13(11-3-7-23-8-4-11)19-15(22)12-9-17-5-6-18-12/h5-6,9-11,13H,3-4,7-8H2,1-2H3,(H,19,22). The van der Waals surface area contributed by atoms with Crippen LogP contribution in [0.3, 0.4) is 0 Å². The maximum Gasteiger partial charge on any atom is 0.272 e. The van der Waals surface area contributed by atoms with Gasteiger partial charge in [-0.25, -0.2) is 4.98 Å². The van der Waals surface area contributed by atoms with Crippen LogP contribution in [0.25, 0.3) is 0 Å². The van der Waals surface area contributed by atoms with Gasteiger partial charge < -0.3 is 14.6 Å². The summed E-state index contributed by atoms with van der Waals surface area (Å²) in [5.41, 5.74) is 0.262. The van der Waals surface area contributed by atoms with E-state index in [0.717, 1.165) is 12.8 Å². The highest BCUT2D eigenvalue weighted by atomic mass is 16.5. The summed E-state index contributed by atoms with van der Waals surface area (Å²) in [6, 6.07) is -0.358. The monoisotopic (exact) mass is 331 g/mol. The normalized spacial score (nSPS) is 17.0. The number of hydrogen-bond acceptors (Lipinski definition) is 7. The molecule has 2 aromatic rings. The summed E-state index contributed by atoms with van der Waals surface area (Å²) >= 11 is 0. The summed E-state index contributed by atoms with van der Waals surface area (Å²) in [4.78, 5) is 24.9. The molecule has 1 saturated heterocycles. The summed E-state index contributed by atoms with van der Waals surface area (Å²) in [5, 5.41) is 6.99. The molecule has 1 amide bonds. The molecule has 0 aliphatic carbocycles. The van der Waals surface area contributed by atoms with Gasteiger partial charge in [0.2, 0.25) is 5.89 Å². The molecular weight excluding hydrogens is 310 g/mol. The van der Waals surface area contributed by atoms with Gasteiger partial charge in [-0.15, -0.1) is 0 Å². The van der Waals surface area contributed by atoms with Crippen LogP contribution in [-0.4, -0.2) is 39.2 Å². The number of ether oxygens (including phenoxy) is 1. The molecular formula is C16H21N5O3. The van der Waals surface area contributed by atoms with Gasteiger partial charge in [-0.2, -0.15) is 4.98 Å². The maximum absolute atomic E-state index is 12.5. The zero-order chi connectivity index (χ0) is 16.9. The van der Waals surface area contributed by atoms with Crippen LogP contribution in [-0.2, 0) is 4.74 Å². The van der Waals surface area contributed by atoms with Crippen molar-refractivity contribution in [1.82, 2.24) is 25.4 Å². The largest absolute Gasteiger partial charge is 0.381 e. The summed E-state index contributed by atoms with van der Waals surface area (Å²) in [6.45, 7) is 5.31. The van der Waals surface area contributed by atoms with Gasteiger partial charge in [-0.1, -0.05) is 19.0 Å². The molecule has 0 radical (unpaired) electrons. The lowest BCUT2D eigenvalue weighted by molar-refractivity contribution is 0.0467. The number of nitrogens with zero attached hydrogens (tertiary/aromatic N) is 4. The predicted molar refractivity (Wildman–Crippen MR) is 84.2 cm³/mol. The Labute approximate surface area is 140 Å². The number of amides is 1. The molecule has 1 aliphatic rings. The second kappa shape index (κ2) is 7.48. The number of rotatable bonds is 5. The third kappa shape index (κ3) is 3.76. The first-order valence-corrected chi connectivity index (χ1v) is 8.13. The second-order valence-corrected chi connectivity index (χ2v) is 6.14. The van der Waals surface area contributed by atoms with E-state index in [1.165, 1.54) is 18.6 Å². The van der Waals surface area contributed by atoms with Crippen molar-refractivity contribution in [2.24, 2.45) is 5.92 Å². The van der Waals surface area contributed by atoms with E-state index in [-0.39, 0.29) is 29.5 Å². The van der Waals surface area contributed by atoms with E-state index in [4.69, 9.17) is 9.26 Å². The van der Waals surface area contributed by atoms with Gasteiger partial charge in [0.05, 0.1) is 6.20 Å². The van der Waals surface area contributed by atoms with Crippen molar-refractivity contribution in [2.45, 2.75) is 38.6 Å². The molecule has 0 saturated carbocycles. The van der Waals surface area contributed by atoms with Crippen LogP contribution < -0.4 is 5.32 Å². The van der Waals surface area contributed by atoms with Gasteiger partial charge in [0, 0.05) is 31.5 Å². The van der Waals surface area contributed by atoms with E-state index >= 15 is 0 Å². The Balaban J connectivity index is 1.82. The minimum Gasteiger partial charge on any atom is -0.381 e. The van der Waals surface area contributed by atoms with Gasteiger partial charge in [0.1, 0.15) is 11.7 Å². The van der Waals surface area contributed by atoms with E-state index in [0.29, 0.717) is 24.9 Å². The third-order valence-electron chi connectivity index (χ3n) is 4.06. The minimum absolute atomic E-state index is 0.161. The molecule has 128 valence electrons. The highest BCUT2D eigenvalue weighted by molar-refractivity contribution is 5.92. The molecule has 1 aliphatic heterocycles. The fraction of sp³-hybridized carbons (Fsp3) is 0.562. The SMILES string of the molecule is CC(C)c1noc(C(NC(=O)c2cnccn2)C2CCOCC2)n1. The highest BCUT2D eigenvalue weighted by Gasteiger charge is 2.32. The van der Waals surface area contributed by atoms with Crippen molar-refractivity contribution < 1.29 is 14.1 Å². The van der Waals surface area contributed by atoms with Crippen molar-refractivity contribution in [3.8, 4) is 0 Å². The lowest BCUT2D eigenvalue weighted by atomic mass is 9.91. The quantitative estimate of drug-likeness (QED) is 0.892. The van der Waals surface area contributed by atoms with E-state index in [9.17, 15) is 4.79 Å². The first-order valence-electron chi connectivity index (χ1n) is 8.13. The molecule has 0 spiro atoms. The van der Waals surface area contributed by atoms with Gasteiger partial charge in [0.25, 0.3) is 5.91 Å². The van der Waals surface area contributed by atoms with Crippen LogP contribution in [0.5, 0.6) is 0 Å². The van der Waals surface area contributed by atoms with Crippen LogP contribution >= 0.6 is 0 Å². The summed E-state index contributed by atoms with van der Waals surface area (Å²) in [5.74, 6) is 1.11. The van der Waals surface area contributed by atoms with Crippen LogP contribution in [0.4, 0.5) is 0 Å². The molecule has 1 fully saturated rings. The van der Waals surface area contributed by atoms with Gasteiger partial charge in [0.15, 0.2) is 5.82 Å². The van der Waals surface area contributed by atoms with Crippen molar-refractivity contribution in [3.05, 3.63) is 36.0 Å². The lowest BCUT2D eigenvalue weighted by Gasteiger charge is -2.28. The molecule has 1 N–H and O–H groups in total. The summed E-state index contributed by atoms with van der Waals surface area (Å²) in [7, 11) is 0. The summed E-state index contributed by atoms with van der Waals surface area (Å²) in [6.07, 6.45) is 6.10. The first kappa shape index (κ1) is 16.5. The molecule has 24 heavy (non-hydrogen) atoms. The Hall–Kier alpha value is -2.35. The Morgan fingerprint density at radius 1 is 1.29 bits per heavy atom. The van der Waals surface area contributed by atoms with Crippen LogP contribution in [0.15, 0.2) is 23.1 Å². The zero-order valence-electron chi connectivity index (χ0n) is 13.8. The molecule has 8 heteroatoms. The first-order chi connectivity index (χ1) is 11.6. The number of carbonyl (C=O) groups is 1. The lowest BCUT2D eigenvalue weighted by Crippen LogP contribution is -2.36. The third-order valence-corrected chi connectivity index (χ3v) is 4.06. The number of aromatic nitrogens is 4. The topological polar surface area (TPSA) is 103 Å². The number of nitrogens with one attached hydrogen (secondary N) is 1. The second-order valence-electron chi connectivity index (χ2n) is 6.14. The van der Waals surface area contributed by atoms with Crippen molar-refractivity contribution >= 4 is 5.91 Å². The van der Waals surface area contributed by atoms with E-state index in [1.54, 1.807) is 0 Å². The Morgan fingerprint density at radius 2 is 2.08 bits per heavy atom. The molecule has 1 unspecified atom stereocenters. The smallest absolute Gasteiger partial charge is 0.272 e. The molecule has 2 aromatic heterocycles. The fourth-order valence-corrected chi connectivity index (χ4v) is 2.67. The maximum atomic E-state index is 12.5. The Bertz CT molecular complexity index is 667. The highest BCUT2D eigenvalue weighted by Crippen LogP contribution is 2.30. The molecule has 8 nitrogen and oxygen atoms in total. The molecule has 3 rings (SSSR count). The molecule has 0 aromatic carbocycles. The fourth-order valence-electron chi connectivity index (χ4n) is 2.67. The van der Waals surface area contributed by atoms with Crippen LogP contribution in [0, 0.1) is 5.92 Å². The van der Waals surface area contributed by atoms with Gasteiger partial charge in [-0.05, 0) is 18.8 Å². The number of hydrogen-bond donors (Lipinski definition) is 1. The van der Waals surface area contributed by atoms with Gasteiger partial charge in [-0.3, -0.25) is 9.78 Å². The average molecular weight is 331 g/mol. The van der Waals surface area contributed by atoms with E-state index in [1.807, 2.05) is 13.8 Å². The van der Waals surface area contributed by atoms with Crippen LogP contribution in [0.2, 0.25) is 0 Å². The van der Waals surface area contributed by atoms with Crippen LogP contribution in [0.1, 0.15) is 60.9 Å². The van der Waals surface area contributed by atoms with E-state index in [2.05, 4.69) is 25.4 Å². The molecule has 1 atom stereocenters. The number of carbonyl (C=O) groups excluding carboxylic acids is 1. The Morgan fingerprint density at radius 3 is 2.71 bits per heavy atom. The van der Waals surface area contributed by atoms with Crippen molar-refractivity contribution in [2.75, 3.05) is 13.2 Å². The van der Waals surface area contributed by atoms with Crippen molar-refractivity contribution in [3.63, 3.8) is 0 Å². The molecule has 0 bridgehead atoms. The predicted octanol–water partition coefficient (Wildman–Crippen LogP) is 1.88. The average Bonchev–Trinajstić information content (AvgIpc) is 3.11. The van der Waals surface area contributed by atoms with Crippen molar-refractivity contribution in [1.29, 1.82) is 0 Å². The van der Waals surface area contributed by atoms with Gasteiger partial charge >= 0.3 is 0 Å². The zero-order valence-corrected chi connectivity index (χ0v) is 13.8. The van der Waals surface area contributed by atoms with E-state index < -0.39 is 0 Å². The Kier molecular flexibility index (Phi) is 5.14.